The van der Waals surface area contributed by atoms with Gasteiger partial charge in [-0.25, -0.2) is 0 Å². The summed E-state index contributed by atoms with van der Waals surface area (Å²) in [6, 6.07) is 14.4. The first-order chi connectivity index (χ1) is 21.8. The van der Waals surface area contributed by atoms with Crippen LogP contribution in [0.1, 0.15) is 81.2 Å². The lowest BCUT2D eigenvalue weighted by Gasteiger charge is -2.32. The maximum atomic E-state index is 13.8. The highest BCUT2D eigenvalue weighted by molar-refractivity contribution is 5.88. The van der Waals surface area contributed by atoms with Crippen molar-refractivity contribution in [3.05, 3.63) is 90.5 Å². The SMILES string of the molecule is C=CCO[C@@H]1C[C@H](NC[C@H](O)[C@H](Cc2ccccc2)NC(=O)[C@H](CC=C)N(C)C(=O)C(CC)CCCC)c2cc(OC)ccc21. The van der Waals surface area contributed by atoms with Crippen LogP contribution in [0.25, 0.3) is 0 Å². The van der Waals surface area contributed by atoms with Gasteiger partial charge in [-0.2, -0.15) is 0 Å². The average molecular weight is 620 g/mol. The second kappa shape index (κ2) is 18.5. The van der Waals surface area contributed by atoms with Crippen molar-refractivity contribution in [2.24, 2.45) is 5.92 Å². The van der Waals surface area contributed by atoms with Gasteiger partial charge in [-0.1, -0.05) is 75.2 Å². The Hall–Kier alpha value is -3.46. The maximum Gasteiger partial charge on any atom is 0.243 e. The van der Waals surface area contributed by atoms with Crippen molar-refractivity contribution < 1.29 is 24.2 Å². The van der Waals surface area contributed by atoms with Crippen molar-refractivity contribution in [3.63, 3.8) is 0 Å². The van der Waals surface area contributed by atoms with Crippen LogP contribution in [0, 0.1) is 5.92 Å². The van der Waals surface area contributed by atoms with E-state index >= 15 is 0 Å². The standard InChI is InChI=1S/C37H53N3O5/c1-7-11-18-27(10-4)37(43)40(5)33(15-8-2)36(42)39-32(22-26-16-13-12-14-17-26)34(41)25-38-31-24-35(45-21-9-3)29-20-19-28(44-6)23-30(29)31/h8-9,12-14,16-17,19-20,23,27,31-35,38,41H,2-3,7,10-11,15,18,21-22,24-25H2,1,4-6H3,(H,39,42)/t27?,31-,32-,33-,34-,35+/m0/s1. The number of carbonyl (C=O) groups excluding carboxylic acids is 2. The molecule has 6 atom stereocenters. The van der Waals surface area contributed by atoms with Crippen molar-refractivity contribution in [3.8, 4) is 5.75 Å². The number of nitrogens with zero attached hydrogens (tertiary/aromatic N) is 1. The van der Waals surface area contributed by atoms with E-state index in [1.807, 2.05) is 55.5 Å². The van der Waals surface area contributed by atoms with E-state index in [1.165, 1.54) is 0 Å². The fourth-order valence-corrected chi connectivity index (χ4v) is 6.11. The van der Waals surface area contributed by atoms with Gasteiger partial charge in [-0.15, -0.1) is 13.2 Å². The van der Waals surface area contributed by atoms with E-state index in [9.17, 15) is 14.7 Å². The van der Waals surface area contributed by atoms with Gasteiger partial charge in [-0.3, -0.25) is 9.59 Å². The monoisotopic (exact) mass is 619 g/mol. The molecule has 2 aromatic carbocycles. The zero-order chi connectivity index (χ0) is 32.8. The predicted molar refractivity (Wildman–Crippen MR) is 180 cm³/mol. The van der Waals surface area contributed by atoms with E-state index in [1.54, 1.807) is 31.2 Å². The summed E-state index contributed by atoms with van der Waals surface area (Å²) in [5, 5.41) is 18.2. The molecule has 1 aliphatic rings. The highest BCUT2D eigenvalue weighted by Crippen LogP contribution is 2.42. The Balaban J connectivity index is 1.78. The van der Waals surface area contributed by atoms with Crippen molar-refractivity contribution >= 4 is 11.8 Å². The second-order valence-corrected chi connectivity index (χ2v) is 11.9. The quantitative estimate of drug-likeness (QED) is 0.165. The number of ether oxygens (including phenoxy) is 2. The third-order valence-corrected chi connectivity index (χ3v) is 8.80. The Morgan fingerprint density at radius 1 is 1.11 bits per heavy atom. The molecule has 3 N–H and O–H groups in total. The number of methoxy groups -OCH3 is 1. The first-order valence-corrected chi connectivity index (χ1v) is 16.3. The van der Waals surface area contributed by atoms with Gasteiger partial charge in [0.2, 0.25) is 11.8 Å². The highest BCUT2D eigenvalue weighted by Gasteiger charge is 2.35. The van der Waals surface area contributed by atoms with Gasteiger partial charge in [0.25, 0.3) is 0 Å². The van der Waals surface area contributed by atoms with Gasteiger partial charge in [0.05, 0.1) is 32.0 Å². The van der Waals surface area contributed by atoms with E-state index in [-0.39, 0.29) is 36.4 Å². The molecule has 0 heterocycles. The topological polar surface area (TPSA) is 100 Å². The van der Waals surface area contributed by atoms with Gasteiger partial charge >= 0.3 is 0 Å². The summed E-state index contributed by atoms with van der Waals surface area (Å²) < 4.78 is 11.5. The fraction of sp³-hybridized carbons (Fsp3) is 0.514. The molecule has 8 nitrogen and oxygen atoms in total. The lowest BCUT2D eigenvalue weighted by Crippen LogP contribution is -2.55. The molecule has 2 aromatic rings. The zero-order valence-electron chi connectivity index (χ0n) is 27.5. The fourth-order valence-electron chi connectivity index (χ4n) is 6.11. The Bertz CT molecular complexity index is 1240. The van der Waals surface area contributed by atoms with E-state index in [0.717, 1.165) is 48.1 Å². The second-order valence-electron chi connectivity index (χ2n) is 11.9. The Morgan fingerprint density at radius 3 is 2.51 bits per heavy atom. The summed E-state index contributed by atoms with van der Waals surface area (Å²) in [6.07, 6.45) is 7.35. The Morgan fingerprint density at radius 2 is 1.87 bits per heavy atom. The summed E-state index contributed by atoms with van der Waals surface area (Å²) in [7, 11) is 3.34. The minimum Gasteiger partial charge on any atom is -0.497 e. The molecule has 45 heavy (non-hydrogen) atoms. The summed E-state index contributed by atoms with van der Waals surface area (Å²) in [5.41, 5.74) is 3.15. The number of unbranched alkanes of at least 4 members (excludes halogenated alkanes) is 1. The van der Waals surface area contributed by atoms with Crippen molar-refractivity contribution in [1.29, 1.82) is 0 Å². The van der Waals surface area contributed by atoms with Crippen LogP contribution in [-0.4, -0.2) is 67.3 Å². The number of fused-ring (bicyclic) bond motifs is 1. The lowest BCUT2D eigenvalue weighted by atomic mass is 9.96. The average Bonchev–Trinajstić information content (AvgIpc) is 3.41. The van der Waals surface area contributed by atoms with Crippen LogP contribution in [0.3, 0.4) is 0 Å². The number of aliphatic hydroxyl groups excluding tert-OH is 1. The van der Waals surface area contributed by atoms with Crippen molar-refractivity contribution in [2.45, 2.75) is 89.1 Å². The number of hydrogen-bond donors (Lipinski definition) is 3. The molecule has 0 saturated heterocycles. The molecule has 0 radical (unpaired) electrons. The first-order valence-electron chi connectivity index (χ1n) is 16.3. The molecule has 3 rings (SSSR count). The van der Waals surface area contributed by atoms with Crippen LogP contribution in [-0.2, 0) is 20.7 Å². The van der Waals surface area contributed by atoms with E-state index < -0.39 is 18.2 Å². The van der Waals surface area contributed by atoms with E-state index in [4.69, 9.17) is 9.47 Å². The number of hydrogen-bond acceptors (Lipinski definition) is 6. The molecule has 2 amide bonds. The minimum absolute atomic E-state index is 0.0293. The summed E-state index contributed by atoms with van der Waals surface area (Å²) >= 11 is 0. The molecule has 8 heteroatoms. The van der Waals surface area contributed by atoms with Crippen LogP contribution in [0.15, 0.2) is 73.8 Å². The van der Waals surface area contributed by atoms with Gasteiger partial charge in [0, 0.05) is 25.6 Å². The number of amides is 2. The summed E-state index contributed by atoms with van der Waals surface area (Å²) in [5.74, 6) is 0.298. The Kier molecular flexibility index (Phi) is 14.8. The van der Waals surface area contributed by atoms with Crippen LogP contribution >= 0.6 is 0 Å². The van der Waals surface area contributed by atoms with Gasteiger partial charge in [-0.05, 0) is 60.9 Å². The van der Waals surface area contributed by atoms with Gasteiger partial charge in [0.1, 0.15) is 11.8 Å². The third-order valence-electron chi connectivity index (χ3n) is 8.80. The van der Waals surface area contributed by atoms with Gasteiger partial charge in [0.15, 0.2) is 0 Å². The van der Waals surface area contributed by atoms with E-state index in [0.29, 0.717) is 25.9 Å². The highest BCUT2D eigenvalue weighted by atomic mass is 16.5. The minimum atomic E-state index is -0.908. The molecule has 1 aliphatic carbocycles. The van der Waals surface area contributed by atoms with E-state index in [2.05, 4.69) is 30.7 Å². The van der Waals surface area contributed by atoms with Crippen LogP contribution < -0.4 is 15.4 Å². The lowest BCUT2D eigenvalue weighted by molar-refractivity contribution is -0.142. The number of likely N-dealkylation sites (N-methyl/N-ethyl adjacent to an activating group) is 1. The molecular weight excluding hydrogens is 566 g/mol. The molecule has 0 fully saturated rings. The molecule has 0 bridgehead atoms. The smallest absolute Gasteiger partial charge is 0.243 e. The molecular formula is C37H53N3O5. The number of benzene rings is 2. The third kappa shape index (κ3) is 10.0. The molecule has 0 aliphatic heterocycles. The number of nitrogens with one attached hydrogen (secondary N) is 2. The summed E-state index contributed by atoms with van der Waals surface area (Å²) in [6.45, 7) is 12.4. The number of rotatable bonds is 20. The van der Waals surface area contributed by atoms with Crippen LogP contribution in [0.4, 0.5) is 0 Å². The Labute approximate surface area is 269 Å². The van der Waals surface area contributed by atoms with Crippen LogP contribution in [0.2, 0.25) is 0 Å². The van der Waals surface area contributed by atoms with Crippen LogP contribution in [0.5, 0.6) is 5.75 Å². The molecule has 1 unspecified atom stereocenters. The first kappa shape index (κ1) is 36.0. The van der Waals surface area contributed by atoms with Crippen molar-refractivity contribution in [1.82, 2.24) is 15.5 Å². The molecule has 0 spiro atoms. The molecule has 0 saturated carbocycles. The normalized spacial score (nSPS) is 18.2. The maximum absolute atomic E-state index is 13.8. The predicted octanol–water partition coefficient (Wildman–Crippen LogP) is 5.68. The van der Waals surface area contributed by atoms with Crippen molar-refractivity contribution in [2.75, 3.05) is 27.3 Å². The number of aliphatic hydroxyl groups is 1. The molecule has 246 valence electrons. The molecule has 0 aromatic heterocycles. The zero-order valence-corrected chi connectivity index (χ0v) is 27.5. The largest absolute Gasteiger partial charge is 0.497 e. The summed E-state index contributed by atoms with van der Waals surface area (Å²) in [4.78, 5) is 28.8. The number of carbonyl (C=O) groups is 2. The van der Waals surface area contributed by atoms with Gasteiger partial charge < -0.3 is 30.1 Å².